The highest BCUT2D eigenvalue weighted by Gasteiger charge is 2.22. The summed E-state index contributed by atoms with van der Waals surface area (Å²) in [5, 5.41) is 8.22. The van der Waals surface area contributed by atoms with E-state index in [1.165, 1.54) is 6.07 Å². The van der Waals surface area contributed by atoms with Crippen molar-refractivity contribution in [1.29, 1.82) is 0 Å². The van der Waals surface area contributed by atoms with Gasteiger partial charge in [-0.1, -0.05) is 90.6 Å². The number of benzene rings is 3. The van der Waals surface area contributed by atoms with Crippen molar-refractivity contribution in [1.82, 2.24) is 0 Å². The van der Waals surface area contributed by atoms with E-state index in [1.54, 1.807) is 60.7 Å². The molecule has 2 amide bonds. The summed E-state index contributed by atoms with van der Waals surface area (Å²) in [6.45, 7) is 2.16. The number of hydrogen-bond acceptors (Lipinski definition) is 6. The fourth-order valence-corrected chi connectivity index (χ4v) is 4.83. The third-order valence-electron chi connectivity index (χ3n) is 5.87. The lowest BCUT2D eigenvalue weighted by Gasteiger charge is -2.25. The number of hydrogen-bond donors (Lipinski definition) is 3. The van der Waals surface area contributed by atoms with E-state index in [0.717, 1.165) is 12.8 Å². The molecule has 3 aromatic rings. The van der Waals surface area contributed by atoms with Gasteiger partial charge >= 0.3 is 6.09 Å². The third-order valence-corrected chi connectivity index (χ3v) is 7.16. The number of nitrogens with zero attached hydrogens (tertiary/aromatic N) is 2. The highest BCUT2D eigenvalue weighted by Crippen LogP contribution is 2.28. The van der Waals surface area contributed by atoms with Gasteiger partial charge in [0.15, 0.2) is 0 Å². The molecule has 42 heavy (non-hydrogen) atoms. The first-order valence-electron chi connectivity index (χ1n) is 12.7. The maximum atomic E-state index is 13.0. The van der Waals surface area contributed by atoms with Crippen molar-refractivity contribution in [3.05, 3.63) is 78.4 Å². The van der Waals surface area contributed by atoms with E-state index in [9.17, 15) is 18.0 Å². The molecule has 0 atom stereocenters. The van der Waals surface area contributed by atoms with Gasteiger partial charge < -0.3 is 20.7 Å². The molecule has 0 radical (unpaired) electrons. The first-order valence-corrected chi connectivity index (χ1v) is 15.4. The number of halogens is 3. The first kappa shape index (κ1) is 33.2. The van der Waals surface area contributed by atoms with Gasteiger partial charge in [0.1, 0.15) is 12.4 Å². The number of alkyl halides is 3. The number of ether oxygens (including phenoxy) is 1. The fourth-order valence-electron chi connectivity index (χ4n) is 3.91. The molecule has 0 saturated heterocycles. The predicted octanol–water partition coefficient (Wildman–Crippen LogP) is 5.46. The molecular formula is C28H30Cl3N5O5S. The van der Waals surface area contributed by atoms with Gasteiger partial charge in [0.2, 0.25) is 19.7 Å². The second-order valence-electron chi connectivity index (χ2n) is 9.16. The molecule has 14 heteroatoms. The molecule has 0 aliphatic carbocycles. The molecule has 0 spiro atoms. The van der Waals surface area contributed by atoms with Crippen LogP contribution in [0.25, 0.3) is 11.1 Å². The van der Waals surface area contributed by atoms with Crippen LogP contribution in [0.15, 0.2) is 82.7 Å². The number of aliphatic imine (C=N–C) groups is 1. The molecule has 0 bridgehead atoms. The smallest absolute Gasteiger partial charge is 0.435 e. The SMILES string of the molecule is CCCCN(CC(=O)Nc1ccc(-c2ccccc2S(N)(=O)=O)cc1)c1cccc(C(N)=NC(=O)OCC(Cl)(Cl)Cl)c1. The van der Waals surface area contributed by atoms with E-state index >= 15 is 0 Å². The number of nitrogens with two attached hydrogens (primary N) is 2. The topological polar surface area (TPSA) is 157 Å². The molecule has 10 nitrogen and oxygen atoms in total. The summed E-state index contributed by atoms with van der Waals surface area (Å²) in [4.78, 5) is 30.6. The normalized spacial score (nSPS) is 12.1. The Kier molecular flexibility index (Phi) is 11.6. The Bertz CT molecular complexity index is 1540. The number of unbranched alkanes of at least 4 members (excludes halogenated alkanes) is 1. The Morgan fingerprint density at radius 2 is 1.71 bits per heavy atom. The van der Waals surface area contributed by atoms with E-state index in [4.69, 9.17) is 50.4 Å². The van der Waals surface area contributed by atoms with E-state index < -0.39 is 26.5 Å². The van der Waals surface area contributed by atoms with Gasteiger partial charge in [0, 0.05) is 29.0 Å². The van der Waals surface area contributed by atoms with Gasteiger partial charge in [-0.25, -0.2) is 18.4 Å². The number of amides is 2. The Morgan fingerprint density at radius 3 is 2.36 bits per heavy atom. The fraction of sp³-hybridized carbons (Fsp3) is 0.250. The zero-order valence-electron chi connectivity index (χ0n) is 22.6. The quantitative estimate of drug-likeness (QED) is 0.141. The van der Waals surface area contributed by atoms with Crippen molar-refractivity contribution in [2.24, 2.45) is 15.9 Å². The molecule has 3 rings (SSSR count). The number of carbonyl (C=O) groups is 2. The number of sulfonamides is 1. The number of carbonyl (C=O) groups excluding carboxylic acids is 2. The Hall–Kier alpha value is -3.35. The highest BCUT2D eigenvalue weighted by atomic mass is 35.6. The largest absolute Gasteiger partial charge is 0.443 e. The molecule has 0 aliphatic heterocycles. The lowest BCUT2D eigenvalue weighted by atomic mass is 10.1. The van der Waals surface area contributed by atoms with Gasteiger partial charge in [-0.15, -0.1) is 0 Å². The van der Waals surface area contributed by atoms with Crippen LogP contribution >= 0.6 is 34.8 Å². The van der Waals surface area contributed by atoms with Crippen LogP contribution in [0, 0.1) is 0 Å². The molecule has 224 valence electrons. The molecule has 5 N–H and O–H groups in total. The first-order chi connectivity index (χ1) is 19.8. The van der Waals surface area contributed by atoms with Crippen molar-refractivity contribution in [2.75, 3.05) is 29.9 Å². The Labute approximate surface area is 259 Å². The molecule has 0 aliphatic rings. The van der Waals surface area contributed by atoms with Crippen molar-refractivity contribution in [2.45, 2.75) is 28.5 Å². The molecule has 0 fully saturated rings. The van der Waals surface area contributed by atoms with Gasteiger partial charge in [0.05, 0.1) is 11.4 Å². The maximum Gasteiger partial charge on any atom is 0.435 e. The van der Waals surface area contributed by atoms with Crippen LogP contribution in [0.1, 0.15) is 25.3 Å². The maximum absolute atomic E-state index is 13.0. The van der Waals surface area contributed by atoms with Gasteiger partial charge in [-0.05, 0) is 42.3 Å². The highest BCUT2D eigenvalue weighted by molar-refractivity contribution is 7.89. The monoisotopic (exact) mass is 653 g/mol. The van der Waals surface area contributed by atoms with Crippen molar-refractivity contribution in [3.8, 4) is 11.1 Å². The summed E-state index contributed by atoms with van der Waals surface area (Å²) in [6, 6.07) is 20.1. The minimum atomic E-state index is -3.91. The van der Waals surface area contributed by atoms with Crippen LogP contribution in [0.4, 0.5) is 16.2 Å². The molecule has 0 saturated carbocycles. The summed E-state index contributed by atoms with van der Waals surface area (Å²) < 4.78 is 27.0. The lowest BCUT2D eigenvalue weighted by Crippen LogP contribution is -2.34. The zero-order chi connectivity index (χ0) is 30.9. The van der Waals surface area contributed by atoms with E-state index in [1.807, 2.05) is 17.9 Å². The number of primary sulfonamides is 1. The number of amidine groups is 1. The summed E-state index contributed by atoms with van der Waals surface area (Å²) in [5.41, 5.74) is 8.77. The third kappa shape index (κ3) is 10.2. The lowest BCUT2D eigenvalue weighted by molar-refractivity contribution is -0.115. The van der Waals surface area contributed by atoms with Crippen LogP contribution in [0.3, 0.4) is 0 Å². The van der Waals surface area contributed by atoms with Crippen LogP contribution in [-0.4, -0.2) is 49.7 Å². The summed E-state index contributed by atoms with van der Waals surface area (Å²) in [7, 11) is -3.91. The summed E-state index contributed by atoms with van der Waals surface area (Å²) in [6.07, 6.45) is 0.714. The molecule has 0 aromatic heterocycles. The van der Waals surface area contributed by atoms with Gasteiger partial charge in [-0.2, -0.15) is 4.99 Å². The predicted molar refractivity (Wildman–Crippen MR) is 168 cm³/mol. The number of anilines is 2. The molecule has 0 heterocycles. The molecule has 0 unspecified atom stereocenters. The number of nitrogens with one attached hydrogen (secondary N) is 1. The van der Waals surface area contributed by atoms with E-state index in [-0.39, 0.29) is 23.2 Å². The van der Waals surface area contributed by atoms with Crippen LogP contribution in [0.5, 0.6) is 0 Å². The van der Waals surface area contributed by atoms with Crippen LogP contribution < -0.4 is 21.1 Å². The van der Waals surface area contributed by atoms with Gasteiger partial charge in [0.25, 0.3) is 0 Å². The Balaban J connectivity index is 1.73. The summed E-state index contributed by atoms with van der Waals surface area (Å²) >= 11 is 16.8. The van der Waals surface area contributed by atoms with E-state index in [0.29, 0.717) is 34.6 Å². The average molecular weight is 655 g/mol. The minimum Gasteiger partial charge on any atom is -0.443 e. The van der Waals surface area contributed by atoms with E-state index in [2.05, 4.69) is 10.3 Å². The molecular weight excluding hydrogens is 625 g/mol. The standard InChI is InChI=1S/C28H30Cl3N5O5S/c1-2-3-15-36(22-8-6-7-20(16-22)26(32)35-27(38)41-18-28(29,30)31)17-25(37)34-21-13-11-19(12-14-21)23-9-4-5-10-24(23)42(33,39)40/h4-14,16H,2-3,15,17-18H2,1H3,(H,34,37)(H2,32,35,38)(H2,33,39,40). The second kappa shape index (κ2) is 14.7. The van der Waals surface area contributed by atoms with Crippen LogP contribution in [0.2, 0.25) is 0 Å². The van der Waals surface area contributed by atoms with Crippen LogP contribution in [-0.2, 0) is 19.6 Å². The Morgan fingerprint density at radius 1 is 1.02 bits per heavy atom. The molecule has 3 aromatic carbocycles. The van der Waals surface area contributed by atoms with Gasteiger partial charge in [-0.3, -0.25) is 4.79 Å². The minimum absolute atomic E-state index is 0.0148. The average Bonchev–Trinajstić information content (AvgIpc) is 2.94. The summed E-state index contributed by atoms with van der Waals surface area (Å²) in [5.74, 6) is -0.374. The second-order valence-corrected chi connectivity index (χ2v) is 13.2. The van der Waals surface area contributed by atoms with Crippen molar-refractivity contribution in [3.63, 3.8) is 0 Å². The zero-order valence-corrected chi connectivity index (χ0v) is 25.7. The van der Waals surface area contributed by atoms with Crippen molar-refractivity contribution >= 4 is 74.0 Å². The van der Waals surface area contributed by atoms with Crippen molar-refractivity contribution < 1.29 is 22.7 Å². The number of rotatable bonds is 11.